The van der Waals surface area contributed by atoms with Crippen molar-refractivity contribution < 1.29 is 26.8 Å². The zero-order valence-electron chi connectivity index (χ0n) is 14.1. The highest BCUT2D eigenvalue weighted by Crippen LogP contribution is 2.39. The van der Waals surface area contributed by atoms with Crippen molar-refractivity contribution in [3.8, 4) is 0 Å². The molecule has 1 aromatic carbocycles. The van der Waals surface area contributed by atoms with Crippen LogP contribution in [0.1, 0.15) is 17.4 Å². The molecule has 0 saturated heterocycles. The minimum absolute atomic E-state index is 0.00179. The summed E-state index contributed by atoms with van der Waals surface area (Å²) in [6, 6.07) is -1.54. The molecule has 12 heteroatoms. The van der Waals surface area contributed by atoms with E-state index in [1.165, 1.54) is 13.0 Å². The molecule has 2 amide bonds. The number of halogens is 5. The van der Waals surface area contributed by atoms with Crippen LogP contribution in [-0.2, 0) is 0 Å². The number of alkyl halides is 3. The van der Waals surface area contributed by atoms with Crippen LogP contribution in [0.25, 0.3) is 11.0 Å². The number of nitrogen functional groups attached to an aromatic ring is 1. The van der Waals surface area contributed by atoms with E-state index < -0.39 is 29.8 Å². The van der Waals surface area contributed by atoms with Gasteiger partial charge in [0.05, 0.1) is 18.1 Å². The van der Waals surface area contributed by atoms with Gasteiger partial charge in [0, 0.05) is 16.0 Å². The summed E-state index contributed by atoms with van der Waals surface area (Å²) in [4.78, 5) is 19.2. The lowest BCUT2D eigenvalue weighted by Crippen LogP contribution is -2.40. The number of nitrogens with two attached hydrogens (primary N) is 1. The first-order valence-corrected chi connectivity index (χ1v) is 8.04. The van der Waals surface area contributed by atoms with Gasteiger partial charge in [0.1, 0.15) is 5.76 Å². The number of amides is 2. The van der Waals surface area contributed by atoms with Gasteiger partial charge in [-0.25, -0.2) is 19.2 Å². The average Bonchev–Trinajstić information content (AvgIpc) is 2.91. The van der Waals surface area contributed by atoms with Crippen LogP contribution < -0.4 is 16.4 Å². The van der Waals surface area contributed by atoms with Crippen LogP contribution >= 0.6 is 11.6 Å². The van der Waals surface area contributed by atoms with Gasteiger partial charge in [0.2, 0.25) is 5.95 Å². The molecule has 0 fully saturated rings. The van der Waals surface area contributed by atoms with Crippen molar-refractivity contribution in [3.05, 3.63) is 46.7 Å². The third-order valence-electron chi connectivity index (χ3n) is 3.79. The van der Waals surface area contributed by atoms with Crippen molar-refractivity contribution >= 4 is 40.2 Å². The first kappa shape index (κ1) is 19.7. The third-order valence-corrected chi connectivity index (χ3v) is 4.01. The van der Waals surface area contributed by atoms with Gasteiger partial charge >= 0.3 is 12.2 Å². The molecule has 0 bridgehead atoms. The molecule has 0 aliphatic heterocycles. The zero-order valence-corrected chi connectivity index (χ0v) is 14.8. The standard InChI is InChI=1S/C16H12ClF4N5O2/c1-6-9-2-7(17)3-10(18)12(9)28-11(6)13(16(19,20)21)26-15(27)25-8-4-23-14(22)24-5-8/h2-5,13H,1H3,(H2,22,23,24)(H2,25,26,27)/t13-/m0/s1. The van der Waals surface area contributed by atoms with E-state index in [9.17, 15) is 22.4 Å². The molecule has 3 rings (SSSR count). The van der Waals surface area contributed by atoms with Crippen molar-refractivity contribution in [1.29, 1.82) is 0 Å². The van der Waals surface area contributed by atoms with Crippen molar-refractivity contribution in [1.82, 2.24) is 15.3 Å². The highest BCUT2D eigenvalue weighted by molar-refractivity contribution is 6.31. The molecule has 3 aromatic rings. The second-order valence-electron chi connectivity index (χ2n) is 5.76. The molecule has 2 heterocycles. The monoisotopic (exact) mass is 417 g/mol. The number of nitrogens with zero attached hydrogens (tertiary/aromatic N) is 2. The van der Waals surface area contributed by atoms with Gasteiger partial charge in [0.15, 0.2) is 17.4 Å². The van der Waals surface area contributed by atoms with Gasteiger partial charge in [0.25, 0.3) is 0 Å². The maximum atomic E-state index is 14.0. The second-order valence-corrected chi connectivity index (χ2v) is 6.20. The zero-order chi connectivity index (χ0) is 20.6. The molecule has 4 N–H and O–H groups in total. The van der Waals surface area contributed by atoms with Gasteiger partial charge in [-0.1, -0.05) is 11.6 Å². The van der Waals surface area contributed by atoms with Gasteiger partial charge in [-0.2, -0.15) is 13.2 Å². The van der Waals surface area contributed by atoms with Crippen LogP contribution in [0.4, 0.5) is 34.0 Å². The summed E-state index contributed by atoms with van der Waals surface area (Å²) in [7, 11) is 0. The van der Waals surface area contributed by atoms with Gasteiger partial charge in [-0.15, -0.1) is 0 Å². The number of nitrogens with one attached hydrogen (secondary N) is 2. The number of carbonyl (C=O) groups is 1. The molecule has 1 atom stereocenters. The fourth-order valence-corrected chi connectivity index (χ4v) is 2.74. The first-order chi connectivity index (χ1) is 13.1. The Morgan fingerprint density at radius 2 is 1.93 bits per heavy atom. The fourth-order valence-electron chi connectivity index (χ4n) is 2.53. The number of urea groups is 1. The largest absolute Gasteiger partial charge is 0.455 e. The van der Waals surface area contributed by atoms with Crippen LogP contribution in [0.2, 0.25) is 5.02 Å². The van der Waals surface area contributed by atoms with Gasteiger partial charge in [-0.05, 0) is 19.1 Å². The average molecular weight is 418 g/mol. The van der Waals surface area contributed by atoms with E-state index in [0.29, 0.717) is 0 Å². The molecule has 0 aliphatic carbocycles. The Hall–Kier alpha value is -3.08. The number of aromatic nitrogens is 2. The molecule has 7 nitrogen and oxygen atoms in total. The summed E-state index contributed by atoms with van der Waals surface area (Å²) in [5.41, 5.74) is 4.92. The van der Waals surface area contributed by atoms with Crippen LogP contribution in [-0.4, -0.2) is 22.2 Å². The Bertz CT molecular complexity index is 1040. The molecule has 0 unspecified atom stereocenters. The predicted octanol–water partition coefficient (Wildman–Crippen LogP) is 4.33. The van der Waals surface area contributed by atoms with E-state index in [0.717, 1.165) is 18.5 Å². The highest BCUT2D eigenvalue weighted by atomic mass is 35.5. The smallest absolute Gasteiger partial charge is 0.416 e. The molecule has 0 saturated carbocycles. The second kappa shape index (κ2) is 7.15. The highest BCUT2D eigenvalue weighted by Gasteiger charge is 2.45. The van der Waals surface area contributed by atoms with Gasteiger partial charge in [-0.3, -0.25) is 0 Å². The molecule has 0 aliphatic rings. The van der Waals surface area contributed by atoms with Gasteiger partial charge < -0.3 is 20.8 Å². The lowest BCUT2D eigenvalue weighted by Gasteiger charge is -2.20. The maximum Gasteiger partial charge on any atom is 0.416 e. The minimum Gasteiger partial charge on any atom is -0.455 e. The lowest BCUT2D eigenvalue weighted by atomic mass is 10.1. The lowest BCUT2D eigenvalue weighted by molar-refractivity contribution is -0.158. The summed E-state index contributed by atoms with van der Waals surface area (Å²) in [5.74, 6) is -1.65. The Labute approximate surface area is 159 Å². The molecule has 2 aromatic heterocycles. The fraction of sp³-hybridized carbons (Fsp3) is 0.188. The van der Waals surface area contributed by atoms with E-state index in [4.69, 9.17) is 21.8 Å². The van der Waals surface area contributed by atoms with Crippen molar-refractivity contribution in [2.45, 2.75) is 19.1 Å². The van der Waals surface area contributed by atoms with Crippen molar-refractivity contribution in [3.63, 3.8) is 0 Å². The Morgan fingerprint density at radius 1 is 1.29 bits per heavy atom. The normalized spacial score (nSPS) is 12.8. The summed E-state index contributed by atoms with van der Waals surface area (Å²) in [5, 5.41) is 3.98. The maximum absolute atomic E-state index is 14.0. The van der Waals surface area contributed by atoms with Crippen LogP contribution in [0, 0.1) is 12.7 Å². The molecule has 0 spiro atoms. The Balaban J connectivity index is 1.94. The van der Waals surface area contributed by atoms with Crippen LogP contribution in [0.3, 0.4) is 0 Å². The number of hydrogen-bond acceptors (Lipinski definition) is 5. The van der Waals surface area contributed by atoms with E-state index in [2.05, 4.69) is 15.3 Å². The minimum atomic E-state index is -4.92. The summed E-state index contributed by atoms with van der Waals surface area (Å²) in [6.07, 6.45) is -2.68. The number of benzene rings is 1. The quantitative estimate of drug-likeness (QED) is 0.550. The van der Waals surface area contributed by atoms with E-state index >= 15 is 0 Å². The Kier molecular flexibility index (Phi) is 5.02. The van der Waals surface area contributed by atoms with E-state index in [1.54, 1.807) is 5.32 Å². The number of carbonyl (C=O) groups excluding carboxylic acids is 1. The summed E-state index contributed by atoms with van der Waals surface area (Å²) >= 11 is 5.76. The number of rotatable bonds is 3. The van der Waals surface area contributed by atoms with Crippen LogP contribution in [0.5, 0.6) is 0 Å². The molecular weight excluding hydrogens is 406 g/mol. The molecule has 148 valence electrons. The SMILES string of the molecule is Cc1c([C@H](NC(=O)Nc2cnc(N)nc2)C(F)(F)F)oc2c(F)cc(Cl)cc12. The third kappa shape index (κ3) is 3.93. The van der Waals surface area contributed by atoms with Crippen LogP contribution in [0.15, 0.2) is 28.9 Å². The molecule has 0 radical (unpaired) electrons. The number of hydrogen-bond donors (Lipinski definition) is 3. The van der Waals surface area contributed by atoms with E-state index in [-0.39, 0.29) is 33.2 Å². The Morgan fingerprint density at radius 3 is 2.54 bits per heavy atom. The van der Waals surface area contributed by atoms with Crippen molar-refractivity contribution in [2.24, 2.45) is 0 Å². The molecule has 28 heavy (non-hydrogen) atoms. The van der Waals surface area contributed by atoms with E-state index in [1.807, 2.05) is 0 Å². The first-order valence-electron chi connectivity index (χ1n) is 7.66. The predicted molar refractivity (Wildman–Crippen MR) is 93.3 cm³/mol. The number of furan rings is 1. The number of aryl methyl sites for hydroxylation is 1. The molecular formula is C16H12ClF4N5O2. The summed E-state index contributed by atoms with van der Waals surface area (Å²) < 4.78 is 59.9. The summed E-state index contributed by atoms with van der Waals surface area (Å²) in [6.45, 7) is 1.31. The topological polar surface area (TPSA) is 106 Å². The number of anilines is 2. The van der Waals surface area contributed by atoms with Crippen molar-refractivity contribution in [2.75, 3.05) is 11.1 Å². The number of fused-ring (bicyclic) bond motifs is 1.